The van der Waals surface area contributed by atoms with E-state index in [2.05, 4.69) is 19.2 Å². The number of hydrogen-bond donors (Lipinski definition) is 4. The lowest BCUT2D eigenvalue weighted by molar-refractivity contribution is -0.159. The van der Waals surface area contributed by atoms with E-state index in [1.165, 1.54) is 6.92 Å². The maximum Gasteiger partial charge on any atom is 0.308 e. The van der Waals surface area contributed by atoms with Gasteiger partial charge in [-0.1, -0.05) is 52.3 Å². The van der Waals surface area contributed by atoms with Gasteiger partial charge in [0.2, 0.25) is 5.91 Å². The molecule has 0 saturated heterocycles. The standard InChI is InChI=1S/C30H49NO7/c1-18-13-19(2)15-21(4)29(35)23(17-31-22(5)32)9-6-7-12-27(24-10-8-11-25(24)30(36)37)38-28(34)16-26(33)20(3)14-18/h6-7,9,18-21,24-27,29,33,35H,8,10-17H2,1-5H3,(H,31,32)(H,36,37)/b7-6-,23-9-/t18-,19+,20-,21-,24+,25+,26-,27-,29-/m0/s1. The summed E-state index contributed by atoms with van der Waals surface area (Å²) >= 11 is 0. The van der Waals surface area contributed by atoms with Gasteiger partial charge < -0.3 is 25.4 Å². The molecule has 4 N–H and O–H groups in total. The largest absolute Gasteiger partial charge is 0.481 e. The van der Waals surface area contributed by atoms with Gasteiger partial charge in [0.25, 0.3) is 0 Å². The van der Waals surface area contributed by atoms with E-state index in [0.717, 1.165) is 25.7 Å². The summed E-state index contributed by atoms with van der Waals surface area (Å²) in [6.45, 7) is 9.94. The zero-order valence-corrected chi connectivity index (χ0v) is 23.8. The van der Waals surface area contributed by atoms with Gasteiger partial charge in [-0.2, -0.15) is 0 Å². The van der Waals surface area contributed by atoms with Crippen molar-refractivity contribution in [2.45, 2.75) is 104 Å². The Morgan fingerprint density at radius 1 is 1.03 bits per heavy atom. The quantitative estimate of drug-likeness (QED) is 0.396. The Balaban J connectivity index is 2.35. The zero-order valence-electron chi connectivity index (χ0n) is 23.8. The zero-order chi connectivity index (χ0) is 28.4. The molecular formula is C30H49NO7. The number of amides is 1. The maximum atomic E-state index is 12.9. The Morgan fingerprint density at radius 2 is 1.68 bits per heavy atom. The van der Waals surface area contributed by atoms with Gasteiger partial charge in [-0.25, -0.2) is 0 Å². The number of hydrogen-bond acceptors (Lipinski definition) is 6. The first-order valence-corrected chi connectivity index (χ1v) is 14.3. The highest BCUT2D eigenvalue weighted by molar-refractivity contribution is 5.73. The molecule has 216 valence electrons. The van der Waals surface area contributed by atoms with Crippen molar-refractivity contribution in [2.75, 3.05) is 6.54 Å². The fourth-order valence-electron chi connectivity index (χ4n) is 6.33. The molecule has 1 aliphatic carbocycles. The predicted molar refractivity (Wildman–Crippen MR) is 146 cm³/mol. The molecule has 0 unspecified atom stereocenters. The molecule has 8 nitrogen and oxygen atoms in total. The molecule has 0 aromatic heterocycles. The van der Waals surface area contributed by atoms with Crippen LogP contribution in [0.15, 0.2) is 23.8 Å². The van der Waals surface area contributed by atoms with E-state index in [9.17, 15) is 29.7 Å². The number of carboxylic acids is 1. The summed E-state index contributed by atoms with van der Waals surface area (Å²) in [6, 6.07) is 0. The molecule has 0 aromatic rings. The number of cyclic esters (lactones) is 1. The number of aliphatic hydroxyl groups excluding tert-OH is 2. The van der Waals surface area contributed by atoms with Crippen LogP contribution >= 0.6 is 0 Å². The van der Waals surface area contributed by atoms with Gasteiger partial charge in [0, 0.05) is 25.8 Å². The van der Waals surface area contributed by atoms with Gasteiger partial charge in [-0.05, 0) is 61.3 Å². The van der Waals surface area contributed by atoms with Gasteiger partial charge in [-0.15, -0.1) is 0 Å². The maximum absolute atomic E-state index is 12.9. The molecule has 1 saturated carbocycles. The number of carbonyl (C=O) groups excluding carboxylic acids is 2. The average molecular weight is 536 g/mol. The molecule has 0 bridgehead atoms. The summed E-state index contributed by atoms with van der Waals surface area (Å²) in [7, 11) is 0. The minimum Gasteiger partial charge on any atom is -0.481 e. The second-order valence-corrected chi connectivity index (χ2v) is 12.0. The van der Waals surface area contributed by atoms with Crippen molar-refractivity contribution in [3.05, 3.63) is 23.8 Å². The number of rotatable bonds is 4. The smallest absolute Gasteiger partial charge is 0.308 e. The fourth-order valence-corrected chi connectivity index (χ4v) is 6.33. The first-order chi connectivity index (χ1) is 17.9. The third-order valence-electron chi connectivity index (χ3n) is 8.31. The van der Waals surface area contributed by atoms with Crippen molar-refractivity contribution in [3.63, 3.8) is 0 Å². The number of ether oxygens (including phenoxy) is 1. The molecule has 9 atom stereocenters. The van der Waals surface area contributed by atoms with Crippen molar-refractivity contribution >= 4 is 17.8 Å². The lowest BCUT2D eigenvalue weighted by Crippen LogP contribution is -2.34. The lowest BCUT2D eigenvalue weighted by Gasteiger charge is -2.29. The Kier molecular flexibility index (Phi) is 13.0. The molecule has 1 amide bonds. The number of aliphatic carboxylic acids is 1. The summed E-state index contributed by atoms with van der Waals surface area (Å²) in [5.41, 5.74) is 0.694. The van der Waals surface area contributed by atoms with Gasteiger partial charge >= 0.3 is 11.9 Å². The summed E-state index contributed by atoms with van der Waals surface area (Å²) in [6.07, 6.45) is 7.94. The van der Waals surface area contributed by atoms with Crippen LogP contribution in [0.3, 0.4) is 0 Å². The van der Waals surface area contributed by atoms with Crippen LogP contribution in [0.2, 0.25) is 0 Å². The van der Waals surface area contributed by atoms with Crippen LogP contribution in [0.4, 0.5) is 0 Å². The van der Waals surface area contributed by atoms with Crippen molar-refractivity contribution in [2.24, 2.45) is 35.5 Å². The normalized spacial score (nSPS) is 38.7. The topological polar surface area (TPSA) is 133 Å². The highest BCUT2D eigenvalue weighted by Crippen LogP contribution is 2.37. The molecular weight excluding hydrogens is 486 g/mol. The molecule has 1 aliphatic heterocycles. The van der Waals surface area contributed by atoms with E-state index >= 15 is 0 Å². The van der Waals surface area contributed by atoms with E-state index < -0.39 is 36.2 Å². The van der Waals surface area contributed by atoms with E-state index in [1.807, 2.05) is 19.9 Å². The van der Waals surface area contributed by atoms with E-state index in [0.29, 0.717) is 36.7 Å². The minimum absolute atomic E-state index is 0.0176. The number of esters is 1. The third kappa shape index (κ3) is 10.2. The van der Waals surface area contributed by atoms with Crippen LogP contribution in [0.5, 0.6) is 0 Å². The Morgan fingerprint density at radius 3 is 2.32 bits per heavy atom. The third-order valence-corrected chi connectivity index (χ3v) is 8.31. The number of nitrogens with one attached hydrogen (secondary N) is 1. The number of carboxylic acid groups (broad SMARTS) is 1. The SMILES string of the molecule is CC(=O)NC/C1=C/C=C\C[C@@H]([C@@H]2CCC[C@H]2C(=O)O)OC(=O)C[C@H](O)[C@@H](C)C[C@@H](C)C[C@@H](C)C[C@H](C)[C@@H]1O. The second kappa shape index (κ2) is 15.4. The molecule has 1 fully saturated rings. The molecule has 2 rings (SSSR count). The van der Waals surface area contributed by atoms with Crippen molar-refractivity contribution in [1.82, 2.24) is 5.32 Å². The molecule has 0 aromatic carbocycles. The Labute approximate surface area is 227 Å². The molecule has 8 heteroatoms. The highest BCUT2D eigenvalue weighted by atomic mass is 16.5. The lowest BCUT2D eigenvalue weighted by atomic mass is 9.82. The van der Waals surface area contributed by atoms with E-state index in [-0.39, 0.29) is 36.6 Å². The van der Waals surface area contributed by atoms with Gasteiger partial charge in [0.05, 0.1) is 24.5 Å². The Bertz CT molecular complexity index is 854. The molecule has 1 heterocycles. The van der Waals surface area contributed by atoms with Crippen molar-refractivity contribution in [1.29, 1.82) is 0 Å². The number of allylic oxidation sites excluding steroid dienone is 2. The molecule has 38 heavy (non-hydrogen) atoms. The van der Waals surface area contributed by atoms with Crippen molar-refractivity contribution in [3.8, 4) is 0 Å². The Hall–Kier alpha value is -2.19. The van der Waals surface area contributed by atoms with E-state index in [1.54, 1.807) is 12.2 Å². The monoisotopic (exact) mass is 535 g/mol. The average Bonchev–Trinajstić information content (AvgIpc) is 3.31. The molecule has 0 spiro atoms. The van der Waals surface area contributed by atoms with Gasteiger partial charge in [-0.3, -0.25) is 14.4 Å². The molecule has 2 aliphatic rings. The molecule has 0 radical (unpaired) electrons. The summed E-state index contributed by atoms with van der Waals surface area (Å²) in [4.78, 5) is 36.3. The fraction of sp³-hybridized carbons (Fsp3) is 0.767. The summed E-state index contributed by atoms with van der Waals surface area (Å²) < 4.78 is 5.83. The van der Waals surface area contributed by atoms with Crippen LogP contribution in [0.1, 0.15) is 86.0 Å². The number of carbonyl (C=O) groups is 3. The minimum atomic E-state index is -0.876. The first-order valence-electron chi connectivity index (χ1n) is 14.3. The summed E-state index contributed by atoms with van der Waals surface area (Å²) in [5, 5.41) is 34.4. The van der Waals surface area contributed by atoms with Crippen LogP contribution in [-0.2, 0) is 19.1 Å². The second-order valence-electron chi connectivity index (χ2n) is 12.0. The van der Waals surface area contributed by atoms with Crippen LogP contribution in [0.25, 0.3) is 0 Å². The highest BCUT2D eigenvalue weighted by Gasteiger charge is 2.39. The van der Waals surface area contributed by atoms with Crippen LogP contribution in [-0.4, -0.2) is 58.0 Å². The predicted octanol–water partition coefficient (Wildman–Crippen LogP) is 4.25. The van der Waals surface area contributed by atoms with Crippen LogP contribution in [0, 0.1) is 35.5 Å². The first kappa shape index (κ1) is 32.0. The number of aliphatic hydroxyl groups is 2. The van der Waals surface area contributed by atoms with Gasteiger partial charge in [0.15, 0.2) is 0 Å². The van der Waals surface area contributed by atoms with Gasteiger partial charge in [0.1, 0.15) is 6.10 Å². The van der Waals surface area contributed by atoms with E-state index in [4.69, 9.17) is 4.74 Å². The summed E-state index contributed by atoms with van der Waals surface area (Å²) in [5.74, 6) is -1.85. The van der Waals surface area contributed by atoms with Crippen LogP contribution < -0.4 is 5.32 Å². The van der Waals surface area contributed by atoms with Crippen molar-refractivity contribution < 1.29 is 34.4 Å².